The first-order valence-electron chi connectivity index (χ1n) is 6.42. The number of carbonyl (C=O) groups is 1. The van der Waals surface area contributed by atoms with E-state index in [1.54, 1.807) is 6.07 Å². The van der Waals surface area contributed by atoms with Gasteiger partial charge in [0.1, 0.15) is 5.82 Å². The molecular weight excluding hydrogens is 344 g/mol. The fraction of sp³-hybridized carbons (Fsp3) is 0.286. The number of nitrogens with one attached hydrogen (secondary N) is 2. The van der Waals surface area contributed by atoms with Crippen LogP contribution in [0.3, 0.4) is 0 Å². The Kier molecular flexibility index (Phi) is 3.62. The first-order valence-corrected chi connectivity index (χ1v) is 7.21. The summed E-state index contributed by atoms with van der Waals surface area (Å²) in [6, 6.07) is 8.21. The van der Waals surface area contributed by atoms with E-state index >= 15 is 0 Å². The lowest BCUT2D eigenvalue weighted by Crippen LogP contribution is -2.35. The van der Waals surface area contributed by atoms with Gasteiger partial charge in [-0.3, -0.25) is 10.1 Å². The molecule has 2 N–H and O–H groups in total. The largest absolute Gasteiger partial charge is 0.309 e. The van der Waals surface area contributed by atoms with Gasteiger partial charge >= 0.3 is 0 Å². The minimum Gasteiger partial charge on any atom is -0.309 e. The van der Waals surface area contributed by atoms with Crippen molar-refractivity contribution < 1.29 is 13.6 Å². The third kappa shape index (κ3) is 3.03. The van der Waals surface area contributed by atoms with Crippen LogP contribution in [0.1, 0.15) is 6.42 Å². The normalized spacial score (nSPS) is 20.6. The fourth-order valence-electron chi connectivity index (χ4n) is 2.29. The van der Waals surface area contributed by atoms with Crippen LogP contribution in [-0.4, -0.2) is 29.4 Å². The number of fused-ring (bicyclic) bond motifs is 1. The molecule has 1 unspecified atom stereocenters. The van der Waals surface area contributed by atoms with Gasteiger partial charge in [-0.25, -0.2) is 13.8 Å². The maximum atomic E-state index is 13.1. The SMILES string of the molecule is O=C(Nc1ccc2cccc(Br)c2n1)C1CC(F)(F)CN1. The highest BCUT2D eigenvalue weighted by molar-refractivity contribution is 9.10. The summed E-state index contributed by atoms with van der Waals surface area (Å²) in [6.07, 6.45) is -0.490. The number of rotatable bonds is 2. The van der Waals surface area contributed by atoms with Crippen LogP contribution in [0, 0.1) is 0 Å². The number of amides is 1. The van der Waals surface area contributed by atoms with Crippen LogP contribution < -0.4 is 10.6 Å². The topological polar surface area (TPSA) is 54.0 Å². The van der Waals surface area contributed by atoms with E-state index in [1.807, 2.05) is 24.3 Å². The van der Waals surface area contributed by atoms with Crippen LogP contribution in [0.2, 0.25) is 0 Å². The molecule has 1 saturated heterocycles. The van der Waals surface area contributed by atoms with Crippen molar-refractivity contribution in [3.05, 3.63) is 34.8 Å². The Morgan fingerprint density at radius 1 is 1.38 bits per heavy atom. The molecule has 1 aliphatic heterocycles. The van der Waals surface area contributed by atoms with Gasteiger partial charge in [0.05, 0.1) is 18.1 Å². The Morgan fingerprint density at radius 3 is 2.90 bits per heavy atom. The Labute approximate surface area is 128 Å². The third-order valence-electron chi connectivity index (χ3n) is 3.35. The molecule has 1 aromatic carbocycles. The summed E-state index contributed by atoms with van der Waals surface area (Å²) in [5.74, 6) is -2.98. The standard InChI is InChI=1S/C14H12BrF2N3O/c15-9-3-1-2-8-4-5-11(19-12(8)9)20-13(21)10-6-14(16,17)7-18-10/h1-5,10,18H,6-7H2,(H,19,20,21). The van der Waals surface area contributed by atoms with Crippen molar-refractivity contribution >= 4 is 38.6 Å². The molecule has 1 atom stereocenters. The van der Waals surface area contributed by atoms with E-state index in [-0.39, 0.29) is 0 Å². The van der Waals surface area contributed by atoms with E-state index < -0.39 is 30.8 Å². The number of para-hydroxylation sites is 1. The molecule has 1 fully saturated rings. The van der Waals surface area contributed by atoms with E-state index in [0.29, 0.717) is 11.3 Å². The van der Waals surface area contributed by atoms with Gasteiger partial charge in [-0.2, -0.15) is 0 Å². The molecule has 110 valence electrons. The van der Waals surface area contributed by atoms with Gasteiger partial charge in [-0.05, 0) is 34.1 Å². The number of aromatic nitrogens is 1. The van der Waals surface area contributed by atoms with Crippen molar-refractivity contribution in [3.63, 3.8) is 0 Å². The fourth-order valence-corrected chi connectivity index (χ4v) is 2.76. The van der Waals surface area contributed by atoms with Gasteiger partial charge in [0.15, 0.2) is 0 Å². The Balaban J connectivity index is 1.79. The average Bonchev–Trinajstić information content (AvgIpc) is 2.80. The zero-order valence-electron chi connectivity index (χ0n) is 10.9. The van der Waals surface area contributed by atoms with Gasteiger partial charge in [0.2, 0.25) is 5.91 Å². The maximum absolute atomic E-state index is 13.1. The molecule has 21 heavy (non-hydrogen) atoms. The van der Waals surface area contributed by atoms with Crippen molar-refractivity contribution in [3.8, 4) is 0 Å². The van der Waals surface area contributed by atoms with Crippen molar-refractivity contribution in [1.29, 1.82) is 0 Å². The van der Waals surface area contributed by atoms with Gasteiger partial charge in [-0.1, -0.05) is 12.1 Å². The number of hydrogen-bond donors (Lipinski definition) is 2. The molecule has 0 radical (unpaired) electrons. The molecular formula is C14H12BrF2N3O. The number of anilines is 1. The highest BCUT2D eigenvalue weighted by Gasteiger charge is 2.42. The monoisotopic (exact) mass is 355 g/mol. The second-order valence-corrected chi connectivity index (χ2v) is 5.85. The maximum Gasteiger partial charge on any atom is 0.262 e. The van der Waals surface area contributed by atoms with Crippen molar-refractivity contribution in [2.24, 2.45) is 0 Å². The molecule has 4 nitrogen and oxygen atoms in total. The highest BCUT2D eigenvalue weighted by atomic mass is 79.9. The summed E-state index contributed by atoms with van der Waals surface area (Å²) in [6.45, 7) is -0.470. The quantitative estimate of drug-likeness (QED) is 0.870. The third-order valence-corrected chi connectivity index (χ3v) is 3.99. The molecule has 7 heteroatoms. The van der Waals surface area contributed by atoms with Crippen LogP contribution in [-0.2, 0) is 4.79 Å². The van der Waals surface area contributed by atoms with Crippen molar-refractivity contribution in [2.45, 2.75) is 18.4 Å². The summed E-state index contributed by atoms with van der Waals surface area (Å²) in [4.78, 5) is 16.3. The van der Waals surface area contributed by atoms with Gasteiger partial charge in [-0.15, -0.1) is 0 Å². The minimum absolute atomic E-state index is 0.344. The highest BCUT2D eigenvalue weighted by Crippen LogP contribution is 2.26. The molecule has 3 rings (SSSR count). The Hall–Kier alpha value is -1.60. The van der Waals surface area contributed by atoms with Crippen LogP contribution in [0.15, 0.2) is 34.8 Å². The first kappa shape index (κ1) is 14.3. The number of alkyl halides is 2. The number of halogens is 3. The molecule has 0 spiro atoms. The second-order valence-electron chi connectivity index (χ2n) is 4.99. The molecule has 1 amide bonds. The van der Waals surface area contributed by atoms with Crippen LogP contribution >= 0.6 is 15.9 Å². The molecule has 0 aliphatic carbocycles. The lowest BCUT2D eigenvalue weighted by atomic mass is 10.2. The molecule has 0 saturated carbocycles. The molecule has 0 bridgehead atoms. The Morgan fingerprint density at radius 2 is 2.19 bits per heavy atom. The average molecular weight is 356 g/mol. The number of benzene rings is 1. The summed E-state index contributed by atoms with van der Waals surface area (Å²) in [7, 11) is 0. The van der Waals surface area contributed by atoms with Crippen LogP contribution in [0.4, 0.5) is 14.6 Å². The number of carbonyl (C=O) groups excluding carboxylic acids is 1. The van der Waals surface area contributed by atoms with Gasteiger partial charge < -0.3 is 5.32 Å². The smallest absolute Gasteiger partial charge is 0.262 e. The van der Waals surface area contributed by atoms with Gasteiger partial charge in [0, 0.05) is 16.3 Å². The van der Waals surface area contributed by atoms with E-state index in [4.69, 9.17) is 0 Å². The molecule has 1 aromatic heterocycles. The Bertz CT molecular complexity index is 708. The van der Waals surface area contributed by atoms with Gasteiger partial charge in [0.25, 0.3) is 5.92 Å². The van der Waals surface area contributed by atoms with E-state index in [1.165, 1.54) is 0 Å². The zero-order valence-corrected chi connectivity index (χ0v) is 12.5. The van der Waals surface area contributed by atoms with Crippen LogP contribution in [0.5, 0.6) is 0 Å². The predicted molar refractivity (Wildman–Crippen MR) is 79.4 cm³/mol. The van der Waals surface area contributed by atoms with Crippen LogP contribution in [0.25, 0.3) is 10.9 Å². The lowest BCUT2D eigenvalue weighted by molar-refractivity contribution is -0.118. The lowest BCUT2D eigenvalue weighted by Gasteiger charge is -2.11. The van der Waals surface area contributed by atoms with E-state index in [9.17, 15) is 13.6 Å². The van der Waals surface area contributed by atoms with Crippen molar-refractivity contribution in [1.82, 2.24) is 10.3 Å². The molecule has 2 heterocycles. The predicted octanol–water partition coefficient (Wildman–Crippen LogP) is 2.93. The number of pyridine rings is 1. The van der Waals surface area contributed by atoms with E-state index in [0.717, 1.165) is 9.86 Å². The summed E-state index contributed by atoms with van der Waals surface area (Å²) in [5.41, 5.74) is 0.708. The first-order chi connectivity index (χ1) is 9.94. The van der Waals surface area contributed by atoms with E-state index in [2.05, 4.69) is 31.5 Å². The zero-order chi connectivity index (χ0) is 15.0. The summed E-state index contributed by atoms with van der Waals surface area (Å²) in [5, 5.41) is 6.01. The molecule has 1 aliphatic rings. The summed E-state index contributed by atoms with van der Waals surface area (Å²) < 4.78 is 27.0. The number of hydrogen-bond acceptors (Lipinski definition) is 3. The number of nitrogens with zero attached hydrogens (tertiary/aromatic N) is 1. The second kappa shape index (κ2) is 5.31. The minimum atomic E-state index is -2.83. The van der Waals surface area contributed by atoms with Crippen molar-refractivity contribution in [2.75, 3.05) is 11.9 Å². The summed E-state index contributed by atoms with van der Waals surface area (Å²) >= 11 is 3.39. The molecule has 2 aromatic rings.